The van der Waals surface area contributed by atoms with E-state index in [1.165, 1.54) is 6.92 Å². The molecular weight excluding hydrogens is 358 g/mol. The van der Waals surface area contributed by atoms with Gasteiger partial charge in [-0.3, -0.25) is 9.59 Å². The van der Waals surface area contributed by atoms with Crippen molar-refractivity contribution in [3.8, 4) is 0 Å². The van der Waals surface area contributed by atoms with E-state index in [1.54, 1.807) is 12.1 Å². The van der Waals surface area contributed by atoms with Crippen LogP contribution < -0.4 is 16.4 Å². The van der Waals surface area contributed by atoms with Crippen molar-refractivity contribution in [3.63, 3.8) is 0 Å². The Kier molecular flexibility index (Phi) is 6.28. The quantitative estimate of drug-likeness (QED) is 0.519. The van der Waals surface area contributed by atoms with Crippen LogP contribution in [-0.2, 0) is 21.5 Å². The van der Waals surface area contributed by atoms with Crippen molar-refractivity contribution < 1.29 is 14.1 Å². The molecule has 1 aromatic carbocycles. The number of anilines is 2. The van der Waals surface area contributed by atoms with Crippen molar-refractivity contribution in [1.82, 2.24) is 15.5 Å². The Balaban J connectivity index is 1.64. The average Bonchev–Trinajstić information content (AvgIpc) is 3.02. The van der Waals surface area contributed by atoms with Gasteiger partial charge in [0.15, 0.2) is 5.82 Å². The lowest BCUT2D eigenvalue weighted by atomic mass is 9.89. The van der Waals surface area contributed by atoms with Gasteiger partial charge in [0.2, 0.25) is 17.7 Å². The van der Waals surface area contributed by atoms with E-state index in [4.69, 9.17) is 10.3 Å². The number of nitrogens with two attached hydrogens (primary N) is 1. The lowest BCUT2D eigenvalue weighted by Crippen LogP contribution is -2.45. The van der Waals surface area contributed by atoms with Crippen molar-refractivity contribution in [1.29, 1.82) is 0 Å². The molecule has 2 amide bonds. The molecule has 28 heavy (non-hydrogen) atoms. The largest absolute Gasteiger partial charge is 0.397 e. The predicted molar refractivity (Wildman–Crippen MR) is 105 cm³/mol. The highest BCUT2D eigenvalue weighted by molar-refractivity contribution is 5.93. The van der Waals surface area contributed by atoms with Gasteiger partial charge < -0.3 is 20.9 Å². The van der Waals surface area contributed by atoms with E-state index < -0.39 is 5.54 Å². The van der Waals surface area contributed by atoms with Gasteiger partial charge >= 0.3 is 0 Å². The zero-order valence-electron chi connectivity index (χ0n) is 16.2. The summed E-state index contributed by atoms with van der Waals surface area (Å²) in [6, 6.07) is 7.10. The minimum atomic E-state index is -0.579. The Morgan fingerprint density at radius 2 is 1.89 bits per heavy atom. The van der Waals surface area contributed by atoms with Crippen LogP contribution in [0.2, 0.25) is 0 Å². The average molecular weight is 385 g/mol. The summed E-state index contributed by atoms with van der Waals surface area (Å²) in [6.45, 7) is 1.51. The molecule has 1 aliphatic carbocycles. The third-order valence-corrected chi connectivity index (χ3v) is 5.07. The van der Waals surface area contributed by atoms with E-state index in [-0.39, 0.29) is 18.2 Å². The van der Waals surface area contributed by atoms with E-state index >= 15 is 0 Å². The molecule has 4 N–H and O–H groups in total. The van der Waals surface area contributed by atoms with Crippen molar-refractivity contribution in [2.45, 2.75) is 63.8 Å². The Labute approximate surface area is 164 Å². The number of para-hydroxylation sites is 2. The molecule has 8 nitrogen and oxygen atoms in total. The number of nitrogen functional groups attached to an aromatic ring is 1. The molecule has 0 unspecified atom stereocenters. The molecule has 2 aromatic rings. The zero-order valence-corrected chi connectivity index (χ0v) is 16.2. The van der Waals surface area contributed by atoms with Crippen LogP contribution in [0.1, 0.15) is 63.6 Å². The summed E-state index contributed by atoms with van der Waals surface area (Å²) < 4.78 is 5.37. The molecule has 1 aromatic heterocycles. The first kappa shape index (κ1) is 19.9. The number of nitrogens with zero attached hydrogens (tertiary/aromatic N) is 2. The number of carbonyl (C=O) groups is 2. The van der Waals surface area contributed by atoms with E-state index in [9.17, 15) is 9.59 Å². The molecule has 3 rings (SSSR count). The first-order valence-electron chi connectivity index (χ1n) is 9.75. The van der Waals surface area contributed by atoms with Gasteiger partial charge in [0, 0.05) is 19.8 Å². The minimum Gasteiger partial charge on any atom is -0.397 e. The topological polar surface area (TPSA) is 123 Å². The predicted octanol–water partition coefficient (Wildman–Crippen LogP) is 2.91. The highest BCUT2D eigenvalue weighted by Gasteiger charge is 2.38. The van der Waals surface area contributed by atoms with Gasteiger partial charge in [0.05, 0.1) is 11.4 Å². The van der Waals surface area contributed by atoms with Crippen LogP contribution in [0.4, 0.5) is 11.4 Å². The Morgan fingerprint density at radius 1 is 1.18 bits per heavy atom. The number of aryl methyl sites for hydroxylation is 1. The maximum absolute atomic E-state index is 12.2. The van der Waals surface area contributed by atoms with E-state index in [0.717, 1.165) is 38.5 Å². The summed E-state index contributed by atoms with van der Waals surface area (Å²) in [5, 5.41) is 9.96. The lowest BCUT2D eigenvalue weighted by Gasteiger charge is -2.30. The number of amides is 2. The molecule has 0 aliphatic heterocycles. The third kappa shape index (κ3) is 4.88. The summed E-state index contributed by atoms with van der Waals surface area (Å²) in [5.41, 5.74) is 6.36. The molecule has 0 saturated heterocycles. The molecule has 0 radical (unpaired) electrons. The summed E-state index contributed by atoms with van der Waals surface area (Å²) in [6.07, 6.45) is 6.38. The first-order chi connectivity index (χ1) is 13.5. The van der Waals surface area contributed by atoms with E-state index in [2.05, 4.69) is 20.8 Å². The zero-order chi connectivity index (χ0) is 20.0. The molecule has 8 heteroatoms. The van der Waals surface area contributed by atoms with E-state index in [0.29, 0.717) is 29.5 Å². The fourth-order valence-corrected chi connectivity index (χ4v) is 3.67. The molecule has 1 fully saturated rings. The number of hydrogen-bond donors (Lipinski definition) is 3. The number of carbonyl (C=O) groups excluding carboxylic acids is 2. The van der Waals surface area contributed by atoms with Gasteiger partial charge in [-0.2, -0.15) is 4.98 Å². The van der Waals surface area contributed by atoms with Gasteiger partial charge in [0.25, 0.3) is 0 Å². The van der Waals surface area contributed by atoms with Crippen LogP contribution in [0.25, 0.3) is 0 Å². The van der Waals surface area contributed by atoms with Crippen LogP contribution in [0.15, 0.2) is 28.8 Å². The fourth-order valence-electron chi connectivity index (χ4n) is 3.67. The summed E-state index contributed by atoms with van der Waals surface area (Å²) in [5.74, 6) is 0.615. The second kappa shape index (κ2) is 8.86. The van der Waals surface area contributed by atoms with Crippen LogP contribution in [0.5, 0.6) is 0 Å². The fraction of sp³-hybridized carbons (Fsp3) is 0.500. The van der Waals surface area contributed by atoms with Gasteiger partial charge in [-0.25, -0.2) is 0 Å². The van der Waals surface area contributed by atoms with Crippen molar-refractivity contribution in [2.24, 2.45) is 0 Å². The normalized spacial score (nSPS) is 16.2. The van der Waals surface area contributed by atoms with Crippen LogP contribution in [-0.4, -0.2) is 22.0 Å². The van der Waals surface area contributed by atoms with Gasteiger partial charge in [-0.15, -0.1) is 0 Å². The van der Waals surface area contributed by atoms with Crippen molar-refractivity contribution in [2.75, 3.05) is 11.1 Å². The second-order valence-corrected chi connectivity index (χ2v) is 7.32. The second-order valence-electron chi connectivity index (χ2n) is 7.32. The SMILES string of the molecule is CC(=O)NC1(c2noc(CCC(=O)Nc3ccccc3N)n2)CCCCCC1. The highest BCUT2D eigenvalue weighted by Crippen LogP contribution is 2.34. The molecular formula is C20H27N5O3. The molecule has 1 heterocycles. The van der Waals surface area contributed by atoms with Crippen LogP contribution in [0, 0.1) is 0 Å². The van der Waals surface area contributed by atoms with Gasteiger partial charge in [-0.1, -0.05) is 43.0 Å². The number of benzene rings is 1. The molecule has 1 saturated carbocycles. The highest BCUT2D eigenvalue weighted by atomic mass is 16.5. The van der Waals surface area contributed by atoms with E-state index in [1.807, 2.05) is 12.1 Å². The molecule has 1 aliphatic rings. The Hall–Kier alpha value is -2.90. The first-order valence-corrected chi connectivity index (χ1v) is 9.75. The number of hydrogen-bond acceptors (Lipinski definition) is 6. The molecule has 0 bridgehead atoms. The maximum Gasteiger partial charge on any atom is 0.227 e. The van der Waals surface area contributed by atoms with Gasteiger partial charge in [-0.05, 0) is 25.0 Å². The molecule has 0 atom stereocenters. The number of aromatic nitrogens is 2. The lowest BCUT2D eigenvalue weighted by molar-refractivity contribution is -0.121. The van der Waals surface area contributed by atoms with Crippen molar-refractivity contribution >= 4 is 23.2 Å². The summed E-state index contributed by atoms with van der Waals surface area (Å²) in [7, 11) is 0. The Bertz CT molecular complexity index is 825. The minimum absolute atomic E-state index is 0.104. The molecule has 0 spiro atoms. The monoisotopic (exact) mass is 385 g/mol. The number of nitrogens with one attached hydrogen (secondary N) is 2. The molecule has 150 valence electrons. The summed E-state index contributed by atoms with van der Waals surface area (Å²) >= 11 is 0. The van der Waals surface area contributed by atoms with Gasteiger partial charge in [0.1, 0.15) is 5.54 Å². The standard InChI is InChI=1S/C20H27N5O3/c1-14(26)24-20(12-6-2-3-7-13-20)19-23-18(28-25-19)11-10-17(27)22-16-9-5-4-8-15(16)21/h4-5,8-9H,2-3,6-7,10-13,21H2,1H3,(H,22,27)(H,24,26). The van der Waals surface area contributed by atoms with Crippen LogP contribution >= 0.6 is 0 Å². The summed E-state index contributed by atoms with van der Waals surface area (Å²) in [4.78, 5) is 28.5. The maximum atomic E-state index is 12.2. The van der Waals surface area contributed by atoms with Crippen molar-refractivity contribution in [3.05, 3.63) is 36.0 Å². The smallest absolute Gasteiger partial charge is 0.227 e. The Morgan fingerprint density at radius 3 is 2.57 bits per heavy atom. The third-order valence-electron chi connectivity index (χ3n) is 5.07. The number of rotatable bonds is 6. The van der Waals surface area contributed by atoms with Crippen LogP contribution in [0.3, 0.4) is 0 Å².